The lowest BCUT2D eigenvalue weighted by Crippen LogP contribution is -2.53. The smallest absolute Gasteiger partial charge is 0.0425 e. The van der Waals surface area contributed by atoms with Gasteiger partial charge in [-0.2, -0.15) is 0 Å². The van der Waals surface area contributed by atoms with Crippen molar-refractivity contribution in [2.24, 2.45) is 11.7 Å². The summed E-state index contributed by atoms with van der Waals surface area (Å²) >= 11 is 3.61. The first-order valence-electron chi connectivity index (χ1n) is 8.06. The maximum atomic E-state index is 6.17. The molecule has 2 aliphatic heterocycles. The van der Waals surface area contributed by atoms with Crippen molar-refractivity contribution in [3.63, 3.8) is 0 Å². The van der Waals surface area contributed by atoms with Crippen LogP contribution in [0.15, 0.2) is 22.7 Å². The average Bonchev–Trinajstić information content (AvgIpc) is 2.46. The molecule has 0 bridgehead atoms. The lowest BCUT2D eigenvalue weighted by molar-refractivity contribution is 0.102. The molecule has 0 aliphatic carbocycles. The molecule has 116 valence electrons. The molecule has 21 heavy (non-hydrogen) atoms. The molecule has 3 rings (SSSR count). The number of halogens is 1. The molecule has 3 unspecified atom stereocenters. The van der Waals surface area contributed by atoms with Gasteiger partial charge in [-0.25, -0.2) is 0 Å². The highest BCUT2D eigenvalue weighted by Gasteiger charge is 2.34. The molecule has 4 heteroatoms. The molecule has 2 heterocycles. The third kappa shape index (κ3) is 3.13. The van der Waals surface area contributed by atoms with E-state index in [0.717, 1.165) is 23.0 Å². The van der Waals surface area contributed by atoms with Crippen molar-refractivity contribution in [2.75, 3.05) is 31.6 Å². The number of piperidine rings is 2. The molecule has 2 saturated heterocycles. The van der Waals surface area contributed by atoms with Gasteiger partial charge in [-0.05, 0) is 63.4 Å². The van der Waals surface area contributed by atoms with Crippen molar-refractivity contribution in [1.29, 1.82) is 0 Å². The first-order chi connectivity index (χ1) is 10.1. The fourth-order valence-corrected chi connectivity index (χ4v) is 4.40. The minimum atomic E-state index is 0.0832. The number of nitrogens with zero attached hydrogens (tertiary/aromatic N) is 2. The van der Waals surface area contributed by atoms with Gasteiger partial charge in [0.25, 0.3) is 0 Å². The van der Waals surface area contributed by atoms with E-state index < -0.39 is 0 Å². The summed E-state index contributed by atoms with van der Waals surface area (Å²) in [5.74, 6) is 0.803. The number of anilines is 1. The van der Waals surface area contributed by atoms with Gasteiger partial charge in [0.15, 0.2) is 0 Å². The van der Waals surface area contributed by atoms with Gasteiger partial charge in [0, 0.05) is 35.3 Å². The molecule has 2 N–H and O–H groups in total. The van der Waals surface area contributed by atoms with E-state index in [1.165, 1.54) is 43.6 Å². The van der Waals surface area contributed by atoms with Gasteiger partial charge in [-0.1, -0.05) is 22.0 Å². The summed E-state index contributed by atoms with van der Waals surface area (Å²) in [5, 5.41) is 0. The number of hydrogen-bond donors (Lipinski definition) is 1. The Morgan fingerprint density at radius 2 is 2.10 bits per heavy atom. The molecule has 0 spiro atoms. The number of nitrogens with two attached hydrogens (primary N) is 1. The van der Waals surface area contributed by atoms with E-state index in [-0.39, 0.29) is 6.04 Å². The summed E-state index contributed by atoms with van der Waals surface area (Å²) in [7, 11) is 2.29. The van der Waals surface area contributed by atoms with Crippen molar-refractivity contribution >= 4 is 21.6 Å². The van der Waals surface area contributed by atoms with E-state index in [1.54, 1.807) is 0 Å². The lowest BCUT2D eigenvalue weighted by Gasteiger charge is -2.47. The SMILES string of the molecule is CC(N)c1ccc(Br)cc1N1CCC2C(CCCN2C)C1. The van der Waals surface area contributed by atoms with Crippen molar-refractivity contribution in [3.8, 4) is 0 Å². The van der Waals surface area contributed by atoms with Crippen molar-refractivity contribution in [3.05, 3.63) is 28.2 Å². The van der Waals surface area contributed by atoms with Gasteiger partial charge in [0.2, 0.25) is 0 Å². The van der Waals surface area contributed by atoms with Crippen LogP contribution in [0.3, 0.4) is 0 Å². The van der Waals surface area contributed by atoms with E-state index in [1.807, 2.05) is 0 Å². The van der Waals surface area contributed by atoms with E-state index in [0.29, 0.717) is 0 Å². The predicted octanol–water partition coefficient (Wildman–Crippen LogP) is 3.39. The zero-order chi connectivity index (χ0) is 15.0. The van der Waals surface area contributed by atoms with Crippen LogP contribution < -0.4 is 10.6 Å². The second-order valence-electron chi connectivity index (χ2n) is 6.68. The fraction of sp³-hybridized carbons (Fsp3) is 0.647. The van der Waals surface area contributed by atoms with Gasteiger partial charge in [0.1, 0.15) is 0 Å². The van der Waals surface area contributed by atoms with Crippen LogP contribution in [0.2, 0.25) is 0 Å². The quantitative estimate of drug-likeness (QED) is 0.886. The zero-order valence-corrected chi connectivity index (χ0v) is 14.6. The van der Waals surface area contributed by atoms with Crippen LogP contribution in [0.4, 0.5) is 5.69 Å². The van der Waals surface area contributed by atoms with Gasteiger partial charge >= 0.3 is 0 Å². The molecule has 0 radical (unpaired) electrons. The Hall–Kier alpha value is -0.580. The van der Waals surface area contributed by atoms with E-state index >= 15 is 0 Å². The second kappa shape index (κ2) is 6.27. The fourth-order valence-electron chi connectivity index (χ4n) is 4.05. The minimum absolute atomic E-state index is 0.0832. The maximum absolute atomic E-state index is 6.17. The normalized spacial score (nSPS) is 28.3. The summed E-state index contributed by atoms with van der Waals surface area (Å²) < 4.78 is 1.14. The Balaban J connectivity index is 1.83. The van der Waals surface area contributed by atoms with E-state index in [9.17, 15) is 0 Å². The molecule has 3 atom stereocenters. The third-order valence-electron chi connectivity index (χ3n) is 5.17. The predicted molar refractivity (Wildman–Crippen MR) is 92.7 cm³/mol. The van der Waals surface area contributed by atoms with E-state index in [4.69, 9.17) is 5.73 Å². The minimum Gasteiger partial charge on any atom is -0.371 e. The van der Waals surface area contributed by atoms with Crippen LogP contribution in [-0.4, -0.2) is 37.6 Å². The van der Waals surface area contributed by atoms with Gasteiger partial charge in [-0.15, -0.1) is 0 Å². The summed E-state index contributed by atoms with van der Waals surface area (Å²) in [6, 6.07) is 7.37. The monoisotopic (exact) mass is 351 g/mol. The Labute approximate surface area is 136 Å². The van der Waals surface area contributed by atoms with Gasteiger partial charge in [-0.3, -0.25) is 0 Å². The van der Waals surface area contributed by atoms with Crippen LogP contribution >= 0.6 is 15.9 Å². The second-order valence-corrected chi connectivity index (χ2v) is 7.59. The average molecular weight is 352 g/mol. The Morgan fingerprint density at radius 1 is 1.29 bits per heavy atom. The summed E-state index contributed by atoms with van der Waals surface area (Å²) in [6.45, 7) is 5.66. The molecule has 3 nitrogen and oxygen atoms in total. The standard InChI is InChI=1S/C17H26BrN3/c1-12(19)15-6-5-14(18)10-17(15)21-9-7-16-13(11-21)4-3-8-20(16)2/h5-6,10,12-13,16H,3-4,7-9,11,19H2,1-2H3. The lowest BCUT2D eigenvalue weighted by atomic mass is 9.83. The van der Waals surface area contributed by atoms with Gasteiger partial charge < -0.3 is 15.5 Å². The first-order valence-corrected chi connectivity index (χ1v) is 8.86. The van der Waals surface area contributed by atoms with Crippen LogP contribution in [-0.2, 0) is 0 Å². The number of likely N-dealkylation sites (tertiary alicyclic amines) is 1. The number of benzene rings is 1. The van der Waals surface area contributed by atoms with Crippen molar-refractivity contribution in [1.82, 2.24) is 4.90 Å². The van der Waals surface area contributed by atoms with Crippen molar-refractivity contribution < 1.29 is 0 Å². The maximum Gasteiger partial charge on any atom is 0.0425 e. The summed E-state index contributed by atoms with van der Waals surface area (Å²) in [5.41, 5.74) is 8.76. The number of rotatable bonds is 2. The number of hydrogen-bond acceptors (Lipinski definition) is 3. The molecule has 0 amide bonds. The molecule has 1 aromatic carbocycles. The Bertz CT molecular complexity index is 503. The van der Waals surface area contributed by atoms with Gasteiger partial charge in [0.05, 0.1) is 0 Å². The highest BCUT2D eigenvalue weighted by Crippen LogP contribution is 2.35. The largest absolute Gasteiger partial charge is 0.371 e. The highest BCUT2D eigenvalue weighted by molar-refractivity contribution is 9.10. The molecule has 2 fully saturated rings. The Kier molecular flexibility index (Phi) is 4.57. The van der Waals surface area contributed by atoms with Crippen molar-refractivity contribution in [2.45, 2.75) is 38.3 Å². The molecule has 1 aromatic rings. The zero-order valence-electron chi connectivity index (χ0n) is 13.1. The van der Waals surface area contributed by atoms with Crippen LogP contribution in [0.1, 0.15) is 37.8 Å². The first kappa shape index (κ1) is 15.3. The summed E-state index contributed by atoms with van der Waals surface area (Å²) in [4.78, 5) is 5.13. The molecule has 0 saturated carbocycles. The van der Waals surface area contributed by atoms with E-state index in [2.05, 4.69) is 57.9 Å². The van der Waals surface area contributed by atoms with Crippen LogP contribution in [0.5, 0.6) is 0 Å². The topological polar surface area (TPSA) is 32.5 Å². The number of fused-ring (bicyclic) bond motifs is 1. The third-order valence-corrected chi connectivity index (χ3v) is 5.66. The molecular formula is C17H26BrN3. The van der Waals surface area contributed by atoms with Crippen LogP contribution in [0, 0.1) is 5.92 Å². The molecule has 0 aromatic heterocycles. The summed E-state index contributed by atoms with van der Waals surface area (Å²) in [6.07, 6.45) is 3.98. The molecular weight excluding hydrogens is 326 g/mol. The highest BCUT2D eigenvalue weighted by atomic mass is 79.9. The molecule has 2 aliphatic rings. The van der Waals surface area contributed by atoms with Crippen LogP contribution in [0.25, 0.3) is 0 Å². The Morgan fingerprint density at radius 3 is 2.86 bits per heavy atom.